The Morgan fingerprint density at radius 1 is 1.38 bits per heavy atom. The molecule has 0 heterocycles. The highest BCUT2D eigenvalue weighted by molar-refractivity contribution is 5.96. The Bertz CT molecular complexity index is 816. The molecule has 5 nitrogen and oxygen atoms in total. The number of amides is 1. The van der Waals surface area contributed by atoms with Gasteiger partial charge in [0.25, 0.3) is 5.91 Å². The van der Waals surface area contributed by atoms with Crippen LogP contribution in [0.1, 0.15) is 60.0 Å². The number of primary amides is 1. The average Bonchev–Trinajstić information content (AvgIpc) is 2.57. The lowest BCUT2D eigenvalue weighted by Gasteiger charge is -2.62. The first kappa shape index (κ1) is 17.3. The molecule has 5 heteroatoms. The third kappa shape index (κ3) is 2.07. The van der Waals surface area contributed by atoms with Crippen LogP contribution in [-0.4, -0.2) is 27.5 Å². The summed E-state index contributed by atoms with van der Waals surface area (Å²) < 4.78 is 0. The molecule has 1 aromatic carbocycles. The van der Waals surface area contributed by atoms with Crippen molar-refractivity contribution in [3.63, 3.8) is 0 Å². The Morgan fingerprint density at radius 3 is 2.85 bits per heavy atom. The highest BCUT2D eigenvalue weighted by atomic mass is 16.3. The van der Waals surface area contributed by atoms with Gasteiger partial charge in [0.05, 0.1) is 11.2 Å². The Hall–Kier alpha value is -2.14. The second-order valence-corrected chi connectivity index (χ2v) is 8.22. The molecule has 2 unspecified atom stereocenters. The van der Waals surface area contributed by atoms with Crippen LogP contribution in [0, 0.1) is 11.8 Å². The van der Waals surface area contributed by atoms with Crippen molar-refractivity contribution in [2.24, 2.45) is 17.6 Å². The van der Waals surface area contributed by atoms with E-state index in [1.165, 1.54) is 0 Å². The van der Waals surface area contributed by atoms with E-state index in [2.05, 4.69) is 6.58 Å². The van der Waals surface area contributed by atoms with Gasteiger partial charge in [0, 0.05) is 23.8 Å². The van der Waals surface area contributed by atoms with Gasteiger partial charge in [-0.25, -0.2) is 0 Å². The van der Waals surface area contributed by atoms with E-state index in [1.807, 2.05) is 12.1 Å². The van der Waals surface area contributed by atoms with Crippen LogP contribution in [0.3, 0.4) is 0 Å². The Morgan fingerprint density at radius 2 is 2.15 bits per heavy atom. The number of aliphatic hydroxyl groups is 1. The fourth-order valence-corrected chi connectivity index (χ4v) is 6.05. The number of aromatic hydroxyl groups is 1. The van der Waals surface area contributed by atoms with E-state index in [1.54, 1.807) is 6.07 Å². The Kier molecular flexibility index (Phi) is 3.77. The summed E-state index contributed by atoms with van der Waals surface area (Å²) in [5, 5.41) is 22.7. The lowest BCUT2D eigenvalue weighted by Crippen LogP contribution is -2.66. The number of allylic oxidation sites excluding steroid dienone is 1. The van der Waals surface area contributed by atoms with Crippen molar-refractivity contribution in [2.45, 2.75) is 56.0 Å². The van der Waals surface area contributed by atoms with Crippen molar-refractivity contribution in [1.82, 2.24) is 0 Å². The standard InChI is InChI=1S/C21H25NO4/c1-2-3-12-6-8-20-11-14(23)7-9-21(20,26)16(12)10-13-4-5-15(19(22)25)18(24)17(13)20/h2,4-5,12,16,24,26H,1,3,6-11H2,(H2,22,25)/t12?,16-,20?,21+/m0/s1. The molecule has 0 aromatic heterocycles. The number of Topliss-reactive ketones (excluding diaryl/α,β-unsaturated/α-hetero) is 1. The number of carbonyl (C=O) groups is 2. The molecular formula is C21H25NO4. The first-order valence-corrected chi connectivity index (χ1v) is 9.34. The number of hydrogen-bond acceptors (Lipinski definition) is 4. The minimum atomic E-state index is -1.05. The third-order valence-electron chi connectivity index (χ3n) is 7.15. The van der Waals surface area contributed by atoms with Crippen molar-refractivity contribution >= 4 is 11.7 Å². The smallest absolute Gasteiger partial charge is 0.252 e. The van der Waals surface area contributed by atoms with Crippen LogP contribution >= 0.6 is 0 Å². The molecule has 0 saturated heterocycles. The topological polar surface area (TPSA) is 101 Å². The van der Waals surface area contributed by atoms with E-state index in [0.717, 1.165) is 18.4 Å². The van der Waals surface area contributed by atoms with Gasteiger partial charge in [-0.1, -0.05) is 12.1 Å². The quantitative estimate of drug-likeness (QED) is 0.725. The normalized spacial score (nSPS) is 35.3. The summed E-state index contributed by atoms with van der Waals surface area (Å²) in [4.78, 5) is 24.1. The first-order chi connectivity index (χ1) is 12.3. The molecule has 4 rings (SSSR count). The molecule has 3 aliphatic carbocycles. The second kappa shape index (κ2) is 5.68. The van der Waals surface area contributed by atoms with Crippen molar-refractivity contribution in [1.29, 1.82) is 0 Å². The van der Waals surface area contributed by atoms with Gasteiger partial charge >= 0.3 is 0 Å². The number of hydrogen-bond donors (Lipinski definition) is 3. The van der Waals surface area contributed by atoms with E-state index >= 15 is 0 Å². The summed E-state index contributed by atoms with van der Waals surface area (Å²) in [5.74, 6) is -0.412. The Balaban J connectivity index is 1.97. The summed E-state index contributed by atoms with van der Waals surface area (Å²) in [6, 6.07) is 3.39. The molecule has 138 valence electrons. The molecule has 0 spiro atoms. The largest absolute Gasteiger partial charge is 0.507 e. The average molecular weight is 355 g/mol. The molecule has 2 fully saturated rings. The van der Waals surface area contributed by atoms with E-state index in [9.17, 15) is 19.8 Å². The van der Waals surface area contributed by atoms with Crippen LogP contribution in [0.25, 0.3) is 0 Å². The first-order valence-electron chi connectivity index (χ1n) is 9.34. The lowest BCUT2D eigenvalue weighted by molar-refractivity contribution is -0.172. The fourth-order valence-electron chi connectivity index (χ4n) is 6.05. The minimum absolute atomic E-state index is 0.0219. The van der Waals surface area contributed by atoms with Crippen LogP contribution < -0.4 is 5.73 Å². The number of rotatable bonds is 3. The van der Waals surface area contributed by atoms with Crippen LogP contribution in [0.5, 0.6) is 5.75 Å². The van der Waals surface area contributed by atoms with Crippen molar-refractivity contribution in [3.05, 3.63) is 41.5 Å². The Labute approximate surface area is 152 Å². The summed E-state index contributed by atoms with van der Waals surface area (Å²) in [6.07, 6.45) is 5.83. The van der Waals surface area contributed by atoms with Crippen molar-refractivity contribution in [3.8, 4) is 5.75 Å². The SMILES string of the molecule is C=CCC1CCC23CC(=O)CC[C@@]2(O)[C@H]1Cc1ccc(C(N)=O)c(O)c13. The molecule has 3 aliphatic rings. The zero-order valence-electron chi connectivity index (χ0n) is 14.8. The maximum atomic E-state index is 12.4. The molecule has 0 aliphatic heterocycles. The number of phenols is 1. The van der Waals surface area contributed by atoms with Crippen LogP contribution in [0.2, 0.25) is 0 Å². The molecule has 2 saturated carbocycles. The molecule has 0 radical (unpaired) electrons. The van der Waals surface area contributed by atoms with Gasteiger partial charge in [-0.05, 0) is 55.6 Å². The predicted octanol–water partition coefficient (Wildman–Crippen LogP) is 2.37. The van der Waals surface area contributed by atoms with Gasteiger partial charge < -0.3 is 15.9 Å². The van der Waals surface area contributed by atoms with E-state index in [0.29, 0.717) is 37.2 Å². The summed E-state index contributed by atoms with van der Waals surface area (Å²) in [6.45, 7) is 3.86. The molecule has 1 amide bonds. The molecule has 2 bridgehead atoms. The summed E-state index contributed by atoms with van der Waals surface area (Å²) >= 11 is 0. The van der Waals surface area contributed by atoms with E-state index < -0.39 is 16.9 Å². The van der Waals surface area contributed by atoms with Gasteiger partial charge in [0.15, 0.2) is 0 Å². The predicted molar refractivity (Wildman–Crippen MR) is 96.8 cm³/mol. The fraction of sp³-hybridized carbons (Fsp3) is 0.524. The molecular weight excluding hydrogens is 330 g/mol. The molecule has 4 N–H and O–H groups in total. The zero-order chi connectivity index (χ0) is 18.7. The monoisotopic (exact) mass is 355 g/mol. The number of fused-ring (bicyclic) bond motifs is 1. The second-order valence-electron chi connectivity index (χ2n) is 8.22. The van der Waals surface area contributed by atoms with Crippen molar-refractivity contribution < 1.29 is 19.8 Å². The highest BCUT2D eigenvalue weighted by Gasteiger charge is 2.65. The van der Waals surface area contributed by atoms with Gasteiger partial charge in [0.2, 0.25) is 0 Å². The summed E-state index contributed by atoms with van der Waals surface area (Å²) in [7, 11) is 0. The zero-order valence-corrected chi connectivity index (χ0v) is 14.8. The third-order valence-corrected chi connectivity index (χ3v) is 7.15. The number of benzene rings is 1. The van der Waals surface area contributed by atoms with Crippen LogP contribution in [0.15, 0.2) is 24.8 Å². The van der Waals surface area contributed by atoms with Gasteiger partial charge in [-0.3, -0.25) is 9.59 Å². The van der Waals surface area contributed by atoms with E-state index in [4.69, 9.17) is 5.73 Å². The van der Waals surface area contributed by atoms with Crippen LogP contribution in [-0.2, 0) is 16.6 Å². The van der Waals surface area contributed by atoms with Gasteiger partial charge in [0.1, 0.15) is 11.5 Å². The number of ketones is 1. The maximum Gasteiger partial charge on any atom is 0.252 e. The van der Waals surface area contributed by atoms with E-state index in [-0.39, 0.29) is 29.4 Å². The molecule has 4 atom stereocenters. The van der Waals surface area contributed by atoms with Gasteiger partial charge in [-0.15, -0.1) is 6.58 Å². The van der Waals surface area contributed by atoms with Gasteiger partial charge in [-0.2, -0.15) is 0 Å². The number of carbonyl (C=O) groups excluding carboxylic acids is 2. The van der Waals surface area contributed by atoms with Crippen molar-refractivity contribution in [2.75, 3.05) is 0 Å². The highest BCUT2D eigenvalue weighted by Crippen LogP contribution is 2.64. The minimum Gasteiger partial charge on any atom is -0.507 e. The number of nitrogens with two attached hydrogens (primary N) is 1. The molecule has 1 aromatic rings. The maximum absolute atomic E-state index is 12.4. The lowest BCUT2D eigenvalue weighted by atomic mass is 9.43. The van der Waals surface area contributed by atoms with Crippen LogP contribution in [0.4, 0.5) is 0 Å². The summed E-state index contributed by atoms with van der Waals surface area (Å²) in [5.41, 5.74) is 5.11. The molecule has 26 heavy (non-hydrogen) atoms.